The molecule has 1 aromatic heterocycles. The monoisotopic (exact) mass is 301 g/mol. The minimum absolute atomic E-state index is 0.128. The highest BCUT2D eigenvalue weighted by Crippen LogP contribution is 2.46. The van der Waals surface area contributed by atoms with Crippen molar-refractivity contribution in [1.82, 2.24) is 5.32 Å². The van der Waals surface area contributed by atoms with Crippen LogP contribution in [0.2, 0.25) is 0 Å². The summed E-state index contributed by atoms with van der Waals surface area (Å²) in [6, 6.07) is 2.77. The molecule has 2 nitrogen and oxygen atoms in total. The van der Waals surface area contributed by atoms with Crippen LogP contribution in [-0.2, 0) is 23.2 Å². The number of fused-ring (bicyclic) bond motifs is 2. The van der Waals surface area contributed by atoms with E-state index in [1.165, 1.54) is 10.4 Å². The fourth-order valence-corrected chi connectivity index (χ4v) is 5.09. The first-order chi connectivity index (χ1) is 9.48. The van der Waals surface area contributed by atoms with Gasteiger partial charge < -0.3 is 10.1 Å². The summed E-state index contributed by atoms with van der Waals surface area (Å²) in [5.74, 6) is 0. The molecular weight excluding hydrogens is 280 g/mol. The third-order valence-corrected chi connectivity index (χ3v) is 5.60. The van der Waals surface area contributed by atoms with Gasteiger partial charge in [-0.25, -0.2) is 8.78 Å². The van der Waals surface area contributed by atoms with Crippen LogP contribution in [0.5, 0.6) is 0 Å². The van der Waals surface area contributed by atoms with Crippen molar-refractivity contribution in [2.45, 2.75) is 63.6 Å². The van der Waals surface area contributed by atoms with Crippen LogP contribution < -0.4 is 5.32 Å². The van der Waals surface area contributed by atoms with E-state index in [1.807, 2.05) is 6.07 Å². The zero-order chi connectivity index (χ0) is 14.3. The third kappa shape index (κ3) is 2.63. The molecule has 0 amide bonds. The predicted octanol–water partition coefficient (Wildman–Crippen LogP) is 3.48. The highest BCUT2D eigenvalue weighted by Gasteiger charge is 2.44. The van der Waals surface area contributed by atoms with Gasteiger partial charge in [0.05, 0.1) is 6.61 Å². The van der Waals surface area contributed by atoms with E-state index in [2.05, 4.69) is 19.2 Å². The van der Waals surface area contributed by atoms with Crippen LogP contribution in [0.15, 0.2) is 6.07 Å². The fourth-order valence-electron chi connectivity index (χ4n) is 3.71. The third-order valence-electron chi connectivity index (χ3n) is 4.22. The molecule has 112 valence electrons. The molecule has 5 heteroatoms. The van der Waals surface area contributed by atoms with Gasteiger partial charge in [0.15, 0.2) is 0 Å². The Morgan fingerprint density at radius 2 is 2.10 bits per heavy atom. The molecule has 1 spiro atoms. The Morgan fingerprint density at radius 3 is 2.75 bits per heavy atom. The van der Waals surface area contributed by atoms with Gasteiger partial charge >= 0.3 is 0 Å². The van der Waals surface area contributed by atoms with Crippen LogP contribution in [0, 0.1) is 0 Å². The minimum atomic E-state index is -2.27. The lowest BCUT2D eigenvalue weighted by atomic mass is 9.80. The van der Waals surface area contributed by atoms with Gasteiger partial charge in [-0.2, -0.15) is 0 Å². The highest BCUT2D eigenvalue weighted by molar-refractivity contribution is 7.12. The number of nitrogens with one attached hydrogen (secondary N) is 1. The predicted molar refractivity (Wildman–Crippen MR) is 76.7 cm³/mol. The Hall–Kier alpha value is -0.520. The molecule has 0 bridgehead atoms. The summed E-state index contributed by atoms with van der Waals surface area (Å²) in [5, 5.41) is 3.53. The standard InChI is InChI=1S/C15H21F2NOS/c1-9-7-15(8-10(2)18-9)14-11(3-4-19-15)5-12(20-14)6-13(16)17/h5,9-10,13,18H,3-4,6-8H2,1-2H3. The number of ether oxygens (including phenoxy) is 1. The van der Waals surface area contributed by atoms with Gasteiger partial charge in [-0.3, -0.25) is 0 Å². The molecule has 0 saturated carbocycles. The van der Waals surface area contributed by atoms with E-state index in [9.17, 15) is 8.78 Å². The van der Waals surface area contributed by atoms with E-state index in [-0.39, 0.29) is 12.0 Å². The number of halogens is 2. The second-order valence-electron chi connectivity index (χ2n) is 6.13. The molecule has 1 fully saturated rings. The van der Waals surface area contributed by atoms with Crippen LogP contribution in [0.4, 0.5) is 8.78 Å². The van der Waals surface area contributed by atoms with Crippen molar-refractivity contribution in [3.63, 3.8) is 0 Å². The molecule has 0 radical (unpaired) electrons. The van der Waals surface area contributed by atoms with Crippen LogP contribution in [0.3, 0.4) is 0 Å². The minimum Gasteiger partial charge on any atom is -0.369 e. The van der Waals surface area contributed by atoms with E-state index in [1.54, 1.807) is 11.3 Å². The Labute approximate surface area is 122 Å². The molecule has 2 aliphatic heterocycles. The molecule has 3 heterocycles. The molecule has 20 heavy (non-hydrogen) atoms. The molecule has 1 N–H and O–H groups in total. The zero-order valence-electron chi connectivity index (χ0n) is 11.9. The number of rotatable bonds is 2. The summed E-state index contributed by atoms with van der Waals surface area (Å²) >= 11 is 1.54. The fraction of sp³-hybridized carbons (Fsp3) is 0.733. The van der Waals surface area contributed by atoms with Gasteiger partial charge in [0.2, 0.25) is 6.43 Å². The van der Waals surface area contributed by atoms with E-state index in [0.717, 1.165) is 24.1 Å². The maximum Gasteiger partial charge on any atom is 0.243 e. The molecule has 1 saturated heterocycles. The molecule has 2 atom stereocenters. The Morgan fingerprint density at radius 1 is 1.40 bits per heavy atom. The number of thiophene rings is 1. The van der Waals surface area contributed by atoms with Crippen LogP contribution in [0.25, 0.3) is 0 Å². The highest BCUT2D eigenvalue weighted by atomic mass is 32.1. The maximum absolute atomic E-state index is 12.6. The lowest BCUT2D eigenvalue weighted by Gasteiger charge is -2.45. The molecule has 0 aliphatic carbocycles. The molecular formula is C15H21F2NOS. The van der Waals surface area contributed by atoms with Crippen LogP contribution >= 0.6 is 11.3 Å². The van der Waals surface area contributed by atoms with Crippen molar-refractivity contribution in [3.8, 4) is 0 Å². The van der Waals surface area contributed by atoms with Gasteiger partial charge in [-0.1, -0.05) is 0 Å². The van der Waals surface area contributed by atoms with Gasteiger partial charge in [0.25, 0.3) is 0 Å². The quantitative estimate of drug-likeness (QED) is 0.903. The second-order valence-corrected chi connectivity index (χ2v) is 7.27. The summed E-state index contributed by atoms with van der Waals surface area (Å²) in [7, 11) is 0. The van der Waals surface area contributed by atoms with Crippen LogP contribution in [-0.4, -0.2) is 25.1 Å². The van der Waals surface area contributed by atoms with Crippen molar-refractivity contribution >= 4 is 11.3 Å². The lowest BCUT2D eigenvalue weighted by molar-refractivity contribution is -0.0932. The van der Waals surface area contributed by atoms with Crippen LogP contribution in [0.1, 0.15) is 42.0 Å². The number of hydrogen-bond donors (Lipinski definition) is 1. The SMILES string of the molecule is CC1CC2(CC(C)N1)OCCc1cc(CC(F)F)sc12. The van der Waals surface area contributed by atoms with Gasteiger partial charge in [-0.05, 0) is 44.7 Å². The first-order valence-electron chi connectivity index (χ1n) is 7.29. The zero-order valence-corrected chi connectivity index (χ0v) is 12.7. The van der Waals surface area contributed by atoms with Gasteiger partial charge in [0.1, 0.15) is 5.60 Å². The maximum atomic E-state index is 12.6. The van der Waals surface area contributed by atoms with E-state index in [0.29, 0.717) is 18.7 Å². The topological polar surface area (TPSA) is 21.3 Å². The van der Waals surface area contributed by atoms with Crippen molar-refractivity contribution in [2.75, 3.05) is 6.61 Å². The number of hydrogen-bond acceptors (Lipinski definition) is 3. The number of piperidine rings is 1. The Balaban J connectivity index is 1.94. The molecule has 1 aromatic rings. The van der Waals surface area contributed by atoms with Crippen molar-refractivity contribution in [1.29, 1.82) is 0 Å². The Bertz CT molecular complexity index is 478. The van der Waals surface area contributed by atoms with Crippen molar-refractivity contribution in [3.05, 3.63) is 21.4 Å². The molecule has 3 rings (SSSR count). The molecule has 2 aliphatic rings. The summed E-state index contributed by atoms with van der Waals surface area (Å²) < 4.78 is 31.4. The normalized spacial score (nSPS) is 33.6. The van der Waals surface area contributed by atoms with Crippen molar-refractivity contribution < 1.29 is 13.5 Å². The second kappa shape index (κ2) is 5.35. The average Bonchev–Trinajstić information content (AvgIpc) is 2.70. The summed E-state index contributed by atoms with van der Waals surface area (Å²) in [6.07, 6.45) is 0.319. The van der Waals surface area contributed by atoms with E-state index in [4.69, 9.17) is 4.74 Å². The van der Waals surface area contributed by atoms with E-state index < -0.39 is 6.43 Å². The largest absolute Gasteiger partial charge is 0.369 e. The van der Waals surface area contributed by atoms with Crippen molar-refractivity contribution in [2.24, 2.45) is 0 Å². The average molecular weight is 301 g/mol. The summed E-state index contributed by atoms with van der Waals surface area (Å²) in [5.41, 5.74) is 0.987. The first-order valence-corrected chi connectivity index (χ1v) is 8.10. The summed E-state index contributed by atoms with van der Waals surface area (Å²) in [4.78, 5) is 2.01. The Kier molecular flexibility index (Phi) is 3.86. The lowest BCUT2D eigenvalue weighted by Crippen LogP contribution is -2.52. The molecule has 0 aromatic carbocycles. The first kappa shape index (κ1) is 14.4. The molecule has 2 unspecified atom stereocenters. The van der Waals surface area contributed by atoms with E-state index >= 15 is 0 Å². The smallest absolute Gasteiger partial charge is 0.243 e. The number of alkyl halides is 2. The van der Waals surface area contributed by atoms with Gasteiger partial charge in [0, 0.05) is 28.3 Å². The van der Waals surface area contributed by atoms with Gasteiger partial charge in [-0.15, -0.1) is 11.3 Å². The summed E-state index contributed by atoms with van der Waals surface area (Å²) in [6.45, 7) is 5.04.